The fourth-order valence-corrected chi connectivity index (χ4v) is 3.47. The van der Waals surface area contributed by atoms with Crippen molar-refractivity contribution in [3.63, 3.8) is 0 Å². The number of β-lactam (4-membered cyclic amide) rings is 1. The number of rotatable bonds is 3. The molecule has 2 aliphatic heterocycles. The van der Waals surface area contributed by atoms with E-state index in [1.165, 1.54) is 23.6 Å². The maximum atomic E-state index is 12.4. The fraction of sp³-hybridized carbons (Fsp3) is 0.643. The summed E-state index contributed by atoms with van der Waals surface area (Å²) in [6, 6.07) is -0.613. The molecule has 2 atom stereocenters. The molecule has 0 aromatic heterocycles. The topological polar surface area (TPSA) is 98.9 Å². The van der Waals surface area contributed by atoms with Gasteiger partial charge in [-0.2, -0.15) is 0 Å². The van der Waals surface area contributed by atoms with Gasteiger partial charge in [-0.3, -0.25) is 14.5 Å². The van der Waals surface area contributed by atoms with Crippen LogP contribution < -0.4 is 5.73 Å². The number of ether oxygens (including phenoxy) is 2. The first-order valence-corrected chi connectivity index (χ1v) is 7.95. The lowest BCUT2D eigenvalue weighted by molar-refractivity contribution is -0.158. The molecule has 2 heterocycles. The minimum absolute atomic E-state index is 0.0390. The van der Waals surface area contributed by atoms with E-state index in [1.807, 2.05) is 0 Å². The molecule has 0 spiro atoms. The van der Waals surface area contributed by atoms with Crippen LogP contribution in [0.1, 0.15) is 27.7 Å². The van der Waals surface area contributed by atoms with E-state index in [-0.39, 0.29) is 23.6 Å². The number of amides is 1. The van der Waals surface area contributed by atoms with Crippen molar-refractivity contribution in [3.8, 4) is 0 Å². The van der Waals surface area contributed by atoms with Crippen LogP contribution in [0.4, 0.5) is 0 Å². The first-order chi connectivity index (χ1) is 10.1. The first-order valence-electron chi connectivity index (χ1n) is 6.91. The second-order valence-electron chi connectivity index (χ2n) is 6.17. The molecular weight excluding hydrogens is 308 g/mol. The second kappa shape index (κ2) is 5.92. The van der Waals surface area contributed by atoms with Gasteiger partial charge in [-0.15, -0.1) is 11.8 Å². The number of fused-ring (bicyclic) bond motifs is 1. The summed E-state index contributed by atoms with van der Waals surface area (Å²) in [5, 5.41) is -0.268. The molecule has 0 saturated carbocycles. The zero-order valence-corrected chi connectivity index (χ0v) is 13.9. The van der Waals surface area contributed by atoms with Crippen molar-refractivity contribution in [3.05, 3.63) is 11.3 Å². The Morgan fingerprint density at radius 2 is 2.05 bits per heavy atom. The highest BCUT2D eigenvalue weighted by Gasteiger charge is 2.52. The Labute approximate surface area is 133 Å². The Hall–Kier alpha value is -1.54. The van der Waals surface area contributed by atoms with Crippen LogP contribution >= 0.6 is 11.8 Å². The van der Waals surface area contributed by atoms with Crippen molar-refractivity contribution < 1.29 is 23.9 Å². The molecule has 1 fully saturated rings. The third-order valence-corrected chi connectivity index (χ3v) is 4.49. The number of esters is 2. The maximum absolute atomic E-state index is 12.4. The summed E-state index contributed by atoms with van der Waals surface area (Å²) in [5.41, 5.74) is 5.79. The van der Waals surface area contributed by atoms with E-state index in [9.17, 15) is 14.4 Å². The highest BCUT2D eigenvalue weighted by Crippen LogP contribution is 2.40. The molecule has 0 aromatic carbocycles. The monoisotopic (exact) mass is 328 g/mol. The molecule has 0 aromatic rings. The van der Waals surface area contributed by atoms with Crippen molar-refractivity contribution >= 4 is 29.6 Å². The molecule has 0 unspecified atom stereocenters. The van der Waals surface area contributed by atoms with Crippen LogP contribution in [0.15, 0.2) is 11.3 Å². The SMILES string of the molecule is CC(=O)OCC1=C(C(=O)OC(C)(C)C)N2C(=O)[C@@H](N)[C@@H]2SC1. The zero-order valence-electron chi connectivity index (χ0n) is 13.0. The molecule has 0 radical (unpaired) electrons. The Bertz CT molecular complexity index is 552. The molecule has 8 heteroatoms. The highest BCUT2D eigenvalue weighted by molar-refractivity contribution is 8.00. The summed E-state index contributed by atoms with van der Waals surface area (Å²) in [6.45, 7) is 6.49. The Morgan fingerprint density at radius 3 is 2.59 bits per heavy atom. The molecule has 2 rings (SSSR count). The number of carbonyl (C=O) groups excluding carboxylic acids is 3. The van der Waals surface area contributed by atoms with Gasteiger partial charge in [-0.25, -0.2) is 4.79 Å². The molecule has 122 valence electrons. The van der Waals surface area contributed by atoms with Crippen LogP contribution in [0.2, 0.25) is 0 Å². The Morgan fingerprint density at radius 1 is 1.41 bits per heavy atom. The van der Waals surface area contributed by atoms with Crippen LogP contribution in [0, 0.1) is 0 Å². The summed E-state index contributed by atoms with van der Waals surface area (Å²) in [5.74, 6) is -0.905. The van der Waals surface area contributed by atoms with Crippen LogP contribution in [0.3, 0.4) is 0 Å². The average molecular weight is 328 g/mol. The van der Waals surface area contributed by atoms with Gasteiger partial charge >= 0.3 is 11.9 Å². The predicted molar refractivity (Wildman–Crippen MR) is 80.6 cm³/mol. The van der Waals surface area contributed by atoms with Crippen molar-refractivity contribution in [2.45, 2.75) is 44.7 Å². The van der Waals surface area contributed by atoms with Crippen LogP contribution in [0.25, 0.3) is 0 Å². The van der Waals surface area contributed by atoms with Gasteiger partial charge in [0.1, 0.15) is 29.3 Å². The van der Waals surface area contributed by atoms with Gasteiger partial charge in [0.25, 0.3) is 0 Å². The predicted octanol–water partition coefficient (Wildman–Crippen LogP) is 0.388. The molecule has 1 amide bonds. The molecule has 0 aliphatic carbocycles. The van der Waals surface area contributed by atoms with E-state index in [0.717, 1.165) is 0 Å². The minimum Gasteiger partial charge on any atom is -0.461 e. The molecule has 7 nitrogen and oxygen atoms in total. The lowest BCUT2D eigenvalue weighted by Crippen LogP contribution is -2.68. The van der Waals surface area contributed by atoms with Gasteiger partial charge < -0.3 is 15.2 Å². The highest BCUT2D eigenvalue weighted by atomic mass is 32.2. The number of carbonyl (C=O) groups is 3. The summed E-state index contributed by atoms with van der Waals surface area (Å²) in [6.07, 6.45) is 0. The van der Waals surface area contributed by atoms with E-state index >= 15 is 0 Å². The quantitative estimate of drug-likeness (QED) is 0.591. The summed E-state index contributed by atoms with van der Waals surface area (Å²) < 4.78 is 10.3. The van der Waals surface area contributed by atoms with Gasteiger partial charge in [-0.1, -0.05) is 0 Å². The summed E-state index contributed by atoms with van der Waals surface area (Å²) in [7, 11) is 0. The van der Waals surface area contributed by atoms with Crippen molar-refractivity contribution in [2.24, 2.45) is 5.73 Å². The normalized spacial score (nSPS) is 24.6. The fourth-order valence-electron chi connectivity index (χ4n) is 2.19. The van der Waals surface area contributed by atoms with Crippen molar-refractivity contribution in [1.29, 1.82) is 0 Å². The summed E-state index contributed by atoms with van der Waals surface area (Å²) in [4.78, 5) is 36.8. The van der Waals surface area contributed by atoms with Gasteiger partial charge in [-0.05, 0) is 20.8 Å². The van der Waals surface area contributed by atoms with Crippen LogP contribution in [-0.2, 0) is 23.9 Å². The van der Waals surface area contributed by atoms with Gasteiger partial charge in [0.15, 0.2) is 0 Å². The molecule has 0 bridgehead atoms. The summed E-state index contributed by atoms with van der Waals surface area (Å²) >= 11 is 1.45. The lowest BCUT2D eigenvalue weighted by Gasteiger charge is -2.48. The van der Waals surface area contributed by atoms with E-state index < -0.39 is 23.6 Å². The van der Waals surface area contributed by atoms with E-state index in [2.05, 4.69) is 0 Å². The van der Waals surface area contributed by atoms with Crippen LogP contribution in [0.5, 0.6) is 0 Å². The standard InChI is InChI=1S/C14H20N2O5S/c1-7(17)20-5-8-6-22-12-9(15)11(18)16(12)10(8)13(19)21-14(2,3)4/h9,12H,5-6,15H2,1-4H3/t9-,12+/m1/s1. The zero-order chi connectivity index (χ0) is 16.7. The Balaban J connectivity index is 2.30. The lowest BCUT2D eigenvalue weighted by atomic mass is 10.0. The third kappa shape index (κ3) is 3.27. The van der Waals surface area contributed by atoms with Gasteiger partial charge in [0, 0.05) is 18.2 Å². The van der Waals surface area contributed by atoms with E-state index in [4.69, 9.17) is 15.2 Å². The molecule has 22 heavy (non-hydrogen) atoms. The third-order valence-electron chi connectivity index (χ3n) is 3.13. The molecule has 1 saturated heterocycles. The van der Waals surface area contributed by atoms with Gasteiger partial charge in [0.2, 0.25) is 5.91 Å². The largest absolute Gasteiger partial charge is 0.461 e. The number of thioether (sulfide) groups is 1. The first kappa shape index (κ1) is 16.8. The molecular formula is C14H20N2O5S. The van der Waals surface area contributed by atoms with Gasteiger partial charge in [0.05, 0.1) is 0 Å². The van der Waals surface area contributed by atoms with Crippen molar-refractivity contribution in [2.75, 3.05) is 12.4 Å². The molecule has 2 aliphatic rings. The van der Waals surface area contributed by atoms with E-state index in [1.54, 1.807) is 20.8 Å². The van der Waals surface area contributed by atoms with E-state index in [0.29, 0.717) is 11.3 Å². The Kier molecular flexibility index (Phi) is 4.53. The maximum Gasteiger partial charge on any atom is 0.355 e. The number of hydrogen-bond donors (Lipinski definition) is 1. The number of nitrogens with two attached hydrogens (primary N) is 1. The van der Waals surface area contributed by atoms with Crippen molar-refractivity contribution in [1.82, 2.24) is 4.90 Å². The smallest absolute Gasteiger partial charge is 0.355 e. The van der Waals surface area contributed by atoms with Crippen LogP contribution in [-0.4, -0.2) is 52.1 Å². The molecule has 2 N–H and O–H groups in total. The average Bonchev–Trinajstić information content (AvgIpc) is 2.41. The number of hydrogen-bond acceptors (Lipinski definition) is 7. The number of nitrogens with zero attached hydrogens (tertiary/aromatic N) is 1. The second-order valence-corrected chi connectivity index (χ2v) is 7.27. The minimum atomic E-state index is -0.688.